The number of nitrogens with zero attached hydrogens (tertiary/aromatic N) is 6. The van der Waals surface area contributed by atoms with Gasteiger partial charge in [0.15, 0.2) is 5.65 Å². The summed E-state index contributed by atoms with van der Waals surface area (Å²) in [6, 6.07) is 2.58. The van der Waals surface area contributed by atoms with Gasteiger partial charge in [0.2, 0.25) is 11.8 Å². The maximum atomic E-state index is 14.2. The number of hydrogen-bond donors (Lipinski definition) is 2. The second-order valence-corrected chi connectivity index (χ2v) is 12.9. The van der Waals surface area contributed by atoms with Gasteiger partial charge in [-0.05, 0) is 45.1 Å². The van der Waals surface area contributed by atoms with Crippen LogP contribution in [0.15, 0.2) is 24.5 Å². The lowest BCUT2D eigenvalue weighted by Gasteiger charge is -2.37. The molecule has 2 amide bonds. The Bertz CT molecular complexity index is 1600. The summed E-state index contributed by atoms with van der Waals surface area (Å²) in [4.78, 5) is 33.1. The van der Waals surface area contributed by atoms with E-state index in [1.807, 2.05) is 13.8 Å². The number of ether oxygens (including phenoxy) is 1. The van der Waals surface area contributed by atoms with Crippen LogP contribution in [0.5, 0.6) is 0 Å². The zero-order valence-electron chi connectivity index (χ0n) is 26.3. The maximum Gasteiger partial charge on any atom is 0.393 e. The van der Waals surface area contributed by atoms with E-state index in [4.69, 9.17) is 14.8 Å². The van der Waals surface area contributed by atoms with E-state index in [2.05, 4.69) is 20.6 Å². The van der Waals surface area contributed by atoms with E-state index in [1.54, 1.807) is 23.0 Å². The number of aryl methyl sites for hydroxylation is 1. The van der Waals surface area contributed by atoms with E-state index >= 15 is 0 Å². The summed E-state index contributed by atoms with van der Waals surface area (Å²) in [5.74, 6) is -6.58. The van der Waals surface area contributed by atoms with Crippen molar-refractivity contribution in [1.82, 2.24) is 35.0 Å². The molecule has 3 aliphatic rings. The Hall–Kier alpha value is -3.82. The number of nitrogens with one attached hydrogen (secondary N) is 2. The van der Waals surface area contributed by atoms with E-state index < -0.39 is 48.3 Å². The molecule has 4 atom stereocenters. The van der Waals surface area contributed by atoms with Gasteiger partial charge in [0.25, 0.3) is 5.91 Å². The number of carbonyl (C=O) groups excluding carboxylic acids is 2. The van der Waals surface area contributed by atoms with Crippen LogP contribution in [0.3, 0.4) is 0 Å². The molecule has 1 unspecified atom stereocenters. The van der Waals surface area contributed by atoms with Crippen LogP contribution in [0.4, 0.5) is 27.6 Å². The molecular weight excluding hydrogens is 627 g/mol. The van der Waals surface area contributed by atoms with Crippen molar-refractivity contribution < 1.29 is 36.3 Å². The third-order valence-electron chi connectivity index (χ3n) is 9.65. The molecule has 16 heteroatoms. The second kappa shape index (κ2) is 13.0. The van der Waals surface area contributed by atoms with Crippen molar-refractivity contribution in [3.05, 3.63) is 41.6 Å². The zero-order chi connectivity index (χ0) is 33.5. The highest BCUT2D eigenvalue weighted by Gasteiger charge is 2.45. The number of fused-ring (bicyclic) bond motifs is 1. The molecule has 2 aliphatic heterocycles. The van der Waals surface area contributed by atoms with E-state index in [0.29, 0.717) is 54.7 Å². The monoisotopic (exact) mass is 666 g/mol. The van der Waals surface area contributed by atoms with Crippen molar-refractivity contribution in [2.45, 2.75) is 83.1 Å². The quantitative estimate of drug-likeness (QED) is 0.344. The van der Waals surface area contributed by atoms with Crippen molar-refractivity contribution in [2.75, 3.05) is 31.2 Å². The molecule has 6 rings (SSSR count). The molecule has 0 spiro atoms. The molecule has 2 N–H and O–H groups in total. The highest BCUT2D eigenvalue weighted by atomic mass is 19.4. The van der Waals surface area contributed by atoms with Crippen LogP contribution in [0.2, 0.25) is 0 Å². The van der Waals surface area contributed by atoms with Crippen LogP contribution < -0.4 is 15.5 Å². The van der Waals surface area contributed by atoms with Crippen LogP contribution in [0.25, 0.3) is 5.65 Å². The molecule has 5 heterocycles. The lowest BCUT2D eigenvalue weighted by atomic mass is 9.81. The van der Waals surface area contributed by atoms with Crippen molar-refractivity contribution in [3.63, 3.8) is 0 Å². The van der Waals surface area contributed by atoms with Crippen molar-refractivity contribution in [1.29, 1.82) is 0 Å². The molecule has 256 valence electrons. The van der Waals surface area contributed by atoms with Gasteiger partial charge in [0.05, 0.1) is 48.4 Å². The number of piperidine rings is 1. The number of aromatic nitrogens is 5. The van der Waals surface area contributed by atoms with E-state index in [-0.39, 0.29) is 50.5 Å². The first kappa shape index (κ1) is 33.1. The molecule has 3 fully saturated rings. The first-order chi connectivity index (χ1) is 22.3. The average Bonchev–Trinajstić information content (AvgIpc) is 3.67. The number of halogens is 5. The summed E-state index contributed by atoms with van der Waals surface area (Å²) >= 11 is 0. The van der Waals surface area contributed by atoms with Gasteiger partial charge in [0, 0.05) is 63.1 Å². The molecule has 2 saturated heterocycles. The fraction of sp³-hybridized carbons (Fsp3) is 0.645. The Morgan fingerprint density at radius 1 is 1.26 bits per heavy atom. The molecule has 3 aromatic rings. The molecule has 0 aromatic carbocycles. The smallest absolute Gasteiger partial charge is 0.377 e. The van der Waals surface area contributed by atoms with Gasteiger partial charge in [-0.2, -0.15) is 23.4 Å². The lowest BCUT2D eigenvalue weighted by Crippen LogP contribution is -2.47. The van der Waals surface area contributed by atoms with Crippen LogP contribution in [0, 0.1) is 17.8 Å². The summed E-state index contributed by atoms with van der Waals surface area (Å²) in [5.41, 5.74) is 2.24. The Labute approximate surface area is 268 Å². The van der Waals surface area contributed by atoms with Crippen LogP contribution >= 0.6 is 0 Å². The second-order valence-electron chi connectivity index (χ2n) is 12.9. The van der Waals surface area contributed by atoms with Gasteiger partial charge in [0.1, 0.15) is 5.69 Å². The first-order valence-corrected chi connectivity index (χ1v) is 16.1. The van der Waals surface area contributed by atoms with Gasteiger partial charge in [-0.1, -0.05) is 0 Å². The number of alkyl halides is 5. The fourth-order valence-corrected chi connectivity index (χ4v) is 6.98. The number of imidazole rings is 1. The molecule has 0 bridgehead atoms. The third-order valence-corrected chi connectivity index (χ3v) is 9.65. The molecule has 47 heavy (non-hydrogen) atoms. The predicted octanol–water partition coefficient (Wildman–Crippen LogP) is 4.32. The largest absolute Gasteiger partial charge is 0.393 e. The Balaban J connectivity index is 1.37. The molecule has 1 aliphatic carbocycles. The van der Waals surface area contributed by atoms with Crippen LogP contribution in [-0.2, 0) is 22.5 Å². The summed E-state index contributed by atoms with van der Waals surface area (Å²) in [5, 5.41) is 14.4. The molecular formula is C31H39F5N8O3. The zero-order valence-corrected chi connectivity index (χ0v) is 26.3. The topological polar surface area (TPSA) is 119 Å². The van der Waals surface area contributed by atoms with Crippen molar-refractivity contribution >= 4 is 23.1 Å². The normalized spacial score (nSPS) is 24.7. The van der Waals surface area contributed by atoms with Gasteiger partial charge >= 0.3 is 6.18 Å². The van der Waals surface area contributed by atoms with Gasteiger partial charge < -0.3 is 20.3 Å². The third kappa shape index (κ3) is 7.06. The number of morpholine rings is 1. The Morgan fingerprint density at radius 2 is 2.02 bits per heavy atom. The Kier molecular flexibility index (Phi) is 9.15. The molecule has 1 saturated carbocycles. The van der Waals surface area contributed by atoms with E-state index in [1.165, 1.54) is 10.7 Å². The van der Waals surface area contributed by atoms with Crippen LogP contribution in [0.1, 0.15) is 73.9 Å². The van der Waals surface area contributed by atoms with Crippen molar-refractivity contribution in [3.8, 4) is 0 Å². The lowest BCUT2D eigenvalue weighted by molar-refractivity contribution is -0.183. The number of amides is 2. The summed E-state index contributed by atoms with van der Waals surface area (Å²) in [6.07, 6.45) is -1.96. The van der Waals surface area contributed by atoms with E-state index in [0.717, 1.165) is 0 Å². The number of hydrogen-bond acceptors (Lipinski definition) is 7. The van der Waals surface area contributed by atoms with Gasteiger partial charge in [-0.3, -0.25) is 14.3 Å². The molecule has 0 radical (unpaired) electrons. The minimum Gasteiger partial charge on any atom is -0.377 e. The highest BCUT2D eigenvalue weighted by Crippen LogP contribution is 2.42. The Morgan fingerprint density at radius 3 is 2.72 bits per heavy atom. The van der Waals surface area contributed by atoms with E-state index in [9.17, 15) is 31.5 Å². The average molecular weight is 667 g/mol. The van der Waals surface area contributed by atoms with Gasteiger partial charge in [-0.15, -0.1) is 0 Å². The molecule has 11 nitrogen and oxygen atoms in total. The summed E-state index contributed by atoms with van der Waals surface area (Å²) < 4.78 is 77.9. The van der Waals surface area contributed by atoms with Crippen molar-refractivity contribution in [2.24, 2.45) is 17.8 Å². The standard InChI is InChI=1S/C31H39F5N8O3/c1-3-43-24(6-9-38-43)29(46)40-27(19-4-7-30(32,33)8-5-19)23-16-44-26(39-23)14-25(42-10-11-47-17-18(42)2)22(41-44)13-20-12-21(31(34,35)36)15-37-28(20)45/h6,9,14,16,18-21,27H,3-5,7-8,10-13,15,17H2,1-2H3,(H,37,45)(H,40,46)/t18?,20-,21-,27+/m1/s1. The maximum absolute atomic E-state index is 14.2. The minimum atomic E-state index is -4.44. The number of rotatable bonds is 8. The van der Waals surface area contributed by atoms with Gasteiger partial charge in [-0.25, -0.2) is 18.3 Å². The minimum absolute atomic E-state index is 0.0276. The van der Waals surface area contributed by atoms with Crippen LogP contribution in [-0.4, -0.2) is 80.6 Å². The molecule has 3 aromatic heterocycles. The highest BCUT2D eigenvalue weighted by molar-refractivity contribution is 5.92. The summed E-state index contributed by atoms with van der Waals surface area (Å²) in [6.45, 7) is 5.18. The number of anilines is 1. The first-order valence-electron chi connectivity index (χ1n) is 16.1. The predicted molar refractivity (Wildman–Crippen MR) is 160 cm³/mol. The number of carbonyl (C=O) groups is 2. The fourth-order valence-electron chi connectivity index (χ4n) is 6.98. The SMILES string of the molecule is CCn1nccc1C(=O)N[C@H](c1cn2nc(C[C@H]3C[C@@H](C(F)(F)F)CNC3=O)c(N3CCOCC3C)cc2n1)C1CCC(F)(F)CC1. The summed E-state index contributed by atoms with van der Waals surface area (Å²) in [7, 11) is 0.